The Hall–Kier alpha value is -1.98. The zero-order chi connectivity index (χ0) is 16.6. The van der Waals surface area contributed by atoms with Crippen LogP contribution in [-0.4, -0.2) is 35.3 Å². The SMILES string of the molecule is Cc1ccc2nc(S(=O)Cc3ccccc3[N+](C)(C)C)[nH]c2c1. The predicted molar refractivity (Wildman–Crippen MR) is 97.0 cm³/mol. The van der Waals surface area contributed by atoms with Gasteiger partial charge in [-0.15, -0.1) is 0 Å². The second-order valence-electron chi connectivity index (χ2n) is 6.69. The van der Waals surface area contributed by atoms with Crippen LogP contribution in [0.3, 0.4) is 0 Å². The zero-order valence-electron chi connectivity index (χ0n) is 14.0. The van der Waals surface area contributed by atoms with Crippen LogP contribution in [0.4, 0.5) is 5.69 Å². The molecule has 4 nitrogen and oxygen atoms in total. The van der Waals surface area contributed by atoms with Crippen molar-refractivity contribution in [3.05, 3.63) is 53.6 Å². The highest BCUT2D eigenvalue weighted by Crippen LogP contribution is 2.25. The lowest BCUT2D eigenvalue weighted by molar-refractivity contribution is 0.483. The first-order valence-corrected chi connectivity index (χ1v) is 8.91. The molecule has 0 aliphatic carbocycles. The van der Waals surface area contributed by atoms with Gasteiger partial charge < -0.3 is 4.98 Å². The van der Waals surface area contributed by atoms with E-state index in [4.69, 9.17) is 0 Å². The molecule has 0 saturated heterocycles. The third-order valence-corrected chi connectivity index (χ3v) is 5.03. The van der Waals surface area contributed by atoms with E-state index in [1.807, 2.05) is 43.3 Å². The smallest absolute Gasteiger partial charge is 0.197 e. The van der Waals surface area contributed by atoms with E-state index in [0.717, 1.165) is 22.2 Å². The molecule has 0 bridgehead atoms. The van der Waals surface area contributed by atoms with Crippen molar-refractivity contribution in [1.29, 1.82) is 0 Å². The van der Waals surface area contributed by atoms with E-state index in [9.17, 15) is 4.21 Å². The molecule has 1 heterocycles. The molecule has 0 aliphatic rings. The number of hydrogen-bond acceptors (Lipinski definition) is 2. The molecule has 3 rings (SSSR count). The number of aryl methyl sites for hydroxylation is 1. The molecule has 0 spiro atoms. The number of quaternary nitrogens is 1. The van der Waals surface area contributed by atoms with Crippen molar-refractivity contribution >= 4 is 27.5 Å². The molecule has 2 aromatic carbocycles. The average molecular weight is 328 g/mol. The van der Waals surface area contributed by atoms with Crippen molar-refractivity contribution in [2.75, 3.05) is 21.1 Å². The van der Waals surface area contributed by atoms with Gasteiger partial charge in [-0.05, 0) is 30.7 Å². The summed E-state index contributed by atoms with van der Waals surface area (Å²) in [6.07, 6.45) is 0. The Balaban J connectivity index is 1.92. The number of rotatable bonds is 4. The second kappa shape index (κ2) is 5.91. The molecule has 0 radical (unpaired) electrons. The van der Waals surface area contributed by atoms with Crippen molar-refractivity contribution in [3.8, 4) is 0 Å². The summed E-state index contributed by atoms with van der Waals surface area (Å²) < 4.78 is 13.5. The molecule has 1 atom stereocenters. The Morgan fingerprint density at radius 2 is 1.87 bits per heavy atom. The van der Waals surface area contributed by atoms with Gasteiger partial charge in [-0.25, -0.2) is 4.98 Å². The summed E-state index contributed by atoms with van der Waals surface area (Å²) >= 11 is 0. The van der Waals surface area contributed by atoms with Gasteiger partial charge in [0.2, 0.25) is 0 Å². The molecular formula is C18H22N3OS+. The van der Waals surface area contributed by atoms with Crippen LogP contribution in [0.15, 0.2) is 47.6 Å². The highest BCUT2D eigenvalue weighted by molar-refractivity contribution is 7.84. The molecule has 1 N–H and O–H groups in total. The molecule has 120 valence electrons. The van der Waals surface area contributed by atoms with Crippen molar-refractivity contribution in [2.45, 2.75) is 17.8 Å². The van der Waals surface area contributed by atoms with Gasteiger partial charge in [-0.1, -0.05) is 24.3 Å². The van der Waals surface area contributed by atoms with Gasteiger partial charge in [-0.3, -0.25) is 8.69 Å². The number of aromatic nitrogens is 2. The molecule has 3 aromatic rings. The summed E-state index contributed by atoms with van der Waals surface area (Å²) in [5, 5.41) is 0.543. The fourth-order valence-corrected chi connectivity index (χ4v) is 3.79. The molecule has 1 unspecified atom stereocenters. The summed E-state index contributed by atoms with van der Waals surface area (Å²) in [7, 11) is 5.15. The normalized spacial score (nSPS) is 13.4. The minimum absolute atomic E-state index is 0.463. The van der Waals surface area contributed by atoms with E-state index < -0.39 is 10.8 Å². The monoisotopic (exact) mass is 328 g/mol. The quantitative estimate of drug-likeness (QED) is 0.746. The third kappa shape index (κ3) is 3.35. The van der Waals surface area contributed by atoms with Gasteiger partial charge >= 0.3 is 0 Å². The summed E-state index contributed by atoms with van der Waals surface area (Å²) in [5.74, 6) is 0.463. The Kier molecular flexibility index (Phi) is 4.08. The maximum atomic E-state index is 12.8. The summed E-state index contributed by atoms with van der Waals surface area (Å²) in [6, 6.07) is 14.2. The van der Waals surface area contributed by atoms with E-state index in [0.29, 0.717) is 15.4 Å². The van der Waals surface area contributed by atoms with E-state index in [2.05, 4.69) is 37.2 Å². The fraction of sp³-hybridized carbons (Fsp3) is 0.278. The molecule has 0 fully saturated rings. The summed E-state index contributed by atoms with van der Waals surface area (Å²) in [6.45, 7) is 2.04. The number of fused-ring (bicyclic) bond motifs is 1. The molecule has 0 saturated carbocycles. The fourth-order valence-electron chi connectivity index (χ4n) is 2.70. The molecular weight excluding hydrogens is 306 g/mol. The number of para-hydroxylation sites is 1. The lowest BCUT2D eigenvalue weighted by atomic mass is 10.2. The van der Waals surface area contributed by atoms with Crippen molar-refractivity contribution in [3.63, 3.8) is 0 Å². The third-order valence-electron chi connectivity index (χ3n) is 3.83. The topological polar surface area (TPSA) is 45.8 Å². The van der Waals surface area contributed by atoms with Crippen LogP contribution in [0.2, 0.25) is 0 Å². The predicted octanol–water partition coefficient (Wildman–Crippen LogP) is 3.38. The van der Waals surface area contributed by atoms with E-state index in [1.165, 1.54) is 5.69 Å². The Bertz CT molecular complexity index is 877. The number of nitrogens with one attached hydrogen (secondary N) is 1. The summed E-state index contributed by atoms with van der Waals surface area (Å²) in [4.78, 5) is 7.68. The molecule has 1 aromatic heterocycles. The largest absolute Gasteiger partial charge is 0.331 e. The first kappa shape index (κ1) is 15.9. The van der Waals surface area contributed by atoms with Gasteiger partial charge in [0.25, 0.3) is 0 Å². The number of aromatic amines is 1. The van der Waals surface area contributed by atoms with Crippen LogP contribution in [0.25, 0.3) is 11.0 Å². The maximum Gasteiger partial charge on any atom is 0.197 e. The standard InChI is InChI=1S/C18H22N3OS/c1-13-9-10-15-16(11-13)20-18(19-15)23(22)12-14-7-5-6-8-17(14)21(2,3)4/h5-11H,12H2,1-4H3,(H,19,20)/q+1. The Morgan fingerprint density at radius 1 is 1.13 bits per heavy atom. The maximum absolute atomic E-state index is 12.8. The van der Waals surface area contributed by atoms with Crippen molar-refractivity contribution in [1.82, 2.24) is 14.5 Å². The zero-order valence-corrected chi connectivity index (χ0v) is 14.8. The van der Waals surface area contributed by atoms with Gasteiger partial charge in [0.05, 0.1) is 48.7 Å². The number of benzene rings is 2. The van der Waals surface area contributed by atoms with Crippen LogP contribution in [-0.2, 0) is 16.6 Å². The minimum atomic E-state index is -1.20. The van der Waals surface area contributed by atoms with Gasteiger partial charge in [0, 0.05) is 5.56 Å². The van der Waals surface area contributed by atoms with E-state index in [1.54, 1.807) is 0 Å². The average Bonchev–Trinajstić information content (AvgIpc) is 2.89. The highest BCUT2D eigenvalue weighted by atomic mass is 32.2. The van der Waals surface area contributed by atoms with Crippen LogP contribution in [0.1, 0.15) is 11.1 Å². The van der Waals surface area contributed by atoms with Crippen molar-refractivity contribution in [2.24, 2.45) is 0 Å². The molecule has 0 aliphatic heterocycles. The number of nitrogens with zero attached hydrogens (tertiary/aromatic N) is 2. The van der Waals surface area contributed by atoms with Gasteiger partial charge in [0.1, 0.15) is 5.69 Å². The number of imidazole rings is 1. The molecule has 23 heavy (non-hydrogen) atoms. The molecule has 0 amide bonds. The van der Waals surface area contributed by atoms with Crippen LogP contribution >= 0.6 is 0 Å². The second-order valence-corrected chi connectivity index (χ2v) is 8.06. The number of hydrogen-bond donors (Lipinski definition) is 1. The van der Waals surface area contributed by atoms with Crippen LogP contribution in [0.5, 0.6) is 0 Å². The Labute approximate surface area is 139 Å². The van der Waals surface area contributed by atoms with Gasteiger partial charge in [0.15, 0.2) is 5.16 Å². The number of H-pyrrole nitrogens is 1. The van der Waals surface area contributed by atoms with E-state index in [-0.39, 0.29) is 0 Å². The highest BCUT2D eigenvalue weighted by Gasteiger charge is 2.20. The Morgan fingerprint density at radius 3 is 2.61 bits per heavy atom. The lowest BCUT2D eigenvalue weighted by Crippen LogP contribution is -2.35. The van der Waals surface area contributed by atoms with Crippen LogP contribution < -0.4 is 4.48 Å². The molecule has 5 heteroatoms. The first-order chi connectivity index (χ1) is 10.8. The van der Waals surface area contributed by atoms with Gasteiger partial charge in [-0.2, -0.15) is 0 Å². The lowest BCUT2D eigenvalue weighted by Gasteiger charge is -2.25. The summed E-state index contributed by atoms with van der Waals surface area (Å²) in [5.41, 5.74) is 5.23. The van der Waals surface area contributed by atoms with E-state index >= 15 is 0 Å². The minimum Gasteiger partial charge on any atom is -0.331 e. The first-order valence-electron chi connectivity index (χ1n) is 7.59. The van der Waals surface area contributed by atoms with Crippen molar-refractivity contribution < 1.29 is 4.21 Å². The van der Waals surface area contributed by atoms with Crippen LogP contribution in [0, 0.1) is 6.92 Å².